The van der Waals surface area contributed by atoms with E-state index in [0.717, 1.165) is 17.3 Å². The zero-order valence-electron chi connectivity index (χ0n) is 9.61. The van der Waals surface area contributed by atoms with Gasteiger partial charge in [-0.2, -0.15) is 0 Å². The van der Waals surface area contributed by atoms with Gasteiger partial charge in [0.25, 0.3) is 0 Å². The Hall–Kier alpha value is -1.29. The SMILES string of the molecule is CSC(=O)C(C)(NC(C)=O)c1ccccc1. The van der Waals surface area contributed by atoms with Crippen molar-refractivity contribution in [2.75, 3.05) is 6.26 Å². The van der Waals surface area contributed by atoms with Crippen molar-refractivity contribution in [1.82, 2.24) is 5.32 Å². The van der Waals surface area contributed by atoms with E-state index in [0.29, 0.717) is 0 Å². The van der Waals surface area contributed by atoms with Crippen LogP contribution in [-0.2, 0) is 15.1 Å². The topological polar surface area (TPSA) is 46.2 Å². The van der Waals surface area contributed by atoms with Crippen LogP contribution in [-0.4, -0.2) is 17.3 Å². The number of rotatable bonds is 3. The summed E-state index contributed by atoms with van der Waals surface area (Å²) < 4.78 is 0. The molecular formula is C12H15NO2S. The Labute approximate surface area is 99.6 Å². The van der Waals surface area contributed by atoms with Gasteiger partial charge in [0.2, 0.25) is 11.0 Å². The van der Waals surface area contributed by atoms with E-state index in [1.54, 1.807) is 13.2 Å². The Bertz CT molecular complexity index is 391. The van der Waals surface area contributed by atoms with Crippen molar-refractivity contribution in [3.63, 3.8) is 0 Å². The van der Waals surface area contributed by atoms with Crippen LogP contribution in [0.1, 0.15) is 19.4 Å². The monoisotopic (exact) mass is 237 g/mol. The molecule has 0 radical (unpaired) electrons. The van der Waals surface area contributed by atoms with E-state index in [2.05, 4.69) is 5.32 Å². The van der Waals surface area contributed by atoms with Crippen LogP contribution in [0, 0.1) is 0 Å². The van der Waals surface area contributed by atoms with Crippen LogP contribution in [0.25, 0.3) is 0 Å². The third-order valence-electron chi connectivity index (χ3n) is 2.37. The van der Waals surface area contributed by atoms with E-state index in [-0.39, 0.29) is 11.0 Å². The van der Waals surface area contributed by atoms with Gasteiger partial charge >= 0.3 is 0 Å². The van der Waals surface area contributed by atoms with Crippen molar-refractivity contribution in [1.29, 1.82) is 0 Å². The lowest BCUT2D eigenvalue weighted by Gasteiger charge is -2.28. The van der Waals surface area contributed by atoms with Crippen molar-refractivity contribution in [3.05, 3.63) is 35.9 Å². The quantitative estimate of drug-likeness (QED) is 0.873. The van der Waals surface area contributed by atoms with Crippen LogP contribution in [0.3, 0.4) is 0 Å². The second-order valence-electron chi connectivity index (χ2n) is 3.66. The number of thioether (sulfide) groups is 1. The number of hydrogen-bond donors (Lipinski definition) is 1. The van der Waals surface area contributed by atoms with Gasteiger partial charge in [-0.3, -0.25) is 9.59 Å². The van der Waals surface area contributed by atoms with E-state index in [9.17, 15) is 9.59 Å². The first-order valence-electron chi connectivity index (χ1n) is 4.93. The summed E-state index contributed by atoms with van der Waals surface area (Å²) in [6, 6.07) is 9.25. The minimum atomic E-state index is -0.952. The van der Waals surface area contributed by atoms with Crippen molar-refractivity contribution in [2.24, 2.45) is 0 Å². The van der Waals surface area contributed by atoms with Gasteiger partial charge in [-0.15, -0.1) is 0 Å². The van der Waals surface area contributed by atoms with Gasteiger partial charge in [-0.05, 0) is 18.7 Å². The smallest absolute Gasteiger partial charge is 0.218 e. The number of amides is 1. The fourth-order valence-electron chi connectivity index (χ4n) is 1.57. The molecule has 16 heavy (non-hydrogen) atoms. The first kappa shape index (κ1) is 12.8. The number of nitrogens with one attached hydrogen (secondary N) is 1. The average Bonchev–Trinajstić information content (AvgIpc) is 2.28. The Morgan fingerprint density at radius 2 is 1.81 bits per heavy atom. The molecule has 1 rings (SSSR count). The zero-order valence-corrected chi connectivity index (χ0v) is 10.4. The Balaban J connectivity index is 3.14. The lowest BCUT2D eigenvalue weighted by molar-refractivity contribution is -0.126. The highest BCUT2D eigenvalue weighted by atomic mass is 32.2. The molecule has 0 spiro atoms. The molecule has 0 heterocycles. The molecule has 1 unspecified atom stereocenters. The summed E-state index contributed by atoms with van der Waals surface area (Å²) in [6.07, 6.45) is 1.71. The molecule has 1 aromatic rings. The maximum Gasteiger partial charge on any atom is 0.218 e. The molecule has 86 valence electrons. The summed E-state index contributed by atoms with van der Waals surface area (Å²) in [5.41, 5.74) is -0.156. The van der Waals surface area contributed by atoms with E-state index < -0.39 is 5.54 Å². The molecule has 0 bridgehead atoms. The highest BCUT2D eigenvalue weighted by Crippen LogP contribution is 2.25. The van der Waals surface area contributed by atoms with Gasteiger partial charge in [0.05, 0.1) is 0 Å². The number of carbonyl (C=O) groups is 2. The first-order chi connectivity index (χ1) is 7.50. The summed E-state index contributed by atoms with van der Waals surface area (Å²) in [5, 5.41) is 2.64. The lowest BCUT2D eigenvalue weighted by atomic mass is 9.93. The summed E-state index contributed by atoms with van der Waals surface area (Å²) in [6.45, 7) is 3.14. The third kappa shape index (κ3) is 2.64. The molecule has 0 aliphatic rings. The molecule has 0 saturated heterocycles. The molecule has 4 heteroatoms. The Morgan fingerprint density at radius 1 is 1.25 bits per heavy atom. The molecule has 0 fully saturated rings. The van der Waals surface area contributed by atoms with Gasteiger partial charge in [0.15, 0.2) is 0 Å². The summed E-state index contributed by atoms with van der Waals surface area (Å²) in [4.78, 5) is 23.1. The third-order valence-corrected chi connectivity index (χ3v) is 3.15. The summed E-state index contributed by atoms with van der Waals surface area (Å²) in [5.74, 6) is -0.214. The second kappa shape index (κ2) is 5.16. The van der Waals surface area contributed by atoms with E-state index in [1.807, 2.05) is 30.3 Å². The van der Waals surface area contributed by atoms with E-state index >= 15 is 0 Å². The van der Waals surface area contributed by atoms with Crippen molar-refractivity contribution in [2.45, 2.75) is 19.4 Å². The molecular weight excluding hydrogens is 222 g/mol. The second-order valence-corrected chi connectivity index (χ2v) is 4.44. The predicted octanol–water partition coefficient (Wildman–Crippen LogP) is 1.93. The fourth-order valence-corrected chi connectivity index (χ4v) is 2.15. The van der Waals surface area contributed by atoms with Crippen LogP contribution in [0.2, 0.25) is 0 Å². The highest BCUT2D eigenvalue weighted by molar-refractivity contribution is 8.13. The minimum Gasteiger partial charge on any atom is -0.339 e. The predicted molar refractivity (Wildman–Crippen MR) is 66.1 cm³/mol. The molecule has 1 atom stereocenters. The van der Waals surface area contributed by atoms with Gasteiger partial charge in [-0.25, -0.2) is 0 Å². The van der Waals surface area contributed by atoms with Gasteiger partial charge in [0, 0.05) is 6.92 Å². The standard InChI is InChI=1S/C12H15NO2S/c1-9(14)13-12(2,11(15)16-3)10-7-5-4-6-8-10/h4-8H,1-3H3,(H,13,14). The van der Waals surface area contributed by atoms with Crippen LogP contribution in [0.4, 0.5) is 0 Å². The van der Waals surface area contributed by atoms with Crippen LogP contribution >= 0.6 is 11.8 Å². The molecule has 1 N–H and O–H groups in total. The number of benzene rings is 1. The Kier molecular flexibility index (Phi) is 4.12. The molecule has 1 aromatic carbocycles. The normalized spacial score (nSPS) is 13.9. The van der Waals surface area contributed by atoms with Gasteiger partial charge in [0.1, 0.15) is 5.54 Å². The van der Waals surface area contributed by atoms with E-state index in [1.165, 1.54) is 6.92 Å². The molecule has 0 saturated carbocycles. The minimum absolute atomic E-state index is 0.0751. The average molecular weight is 237 g/mol. The van der Waals surface area contributed by atoms with Crippen molar-refractivity contribution in [3.8, 4) is 0 Å². The van der Waals surface area contributed by atoms with Crippen LogP contribution in [0.5, 0.6) is 0 Å². The lowest BCUT2D eigenvalue weighted by Crippen LogP contribution is -2.47. The van der Waals surface area contributed by atoms with Crippen molar-refractivity contribution >= 4 is 22.8 Å². The fraction of sp³-hybridized carbons (Fsp3) is 0.333. The highest BCUT2D eigenvalue weighted by Gasteiger charge is 2.35. The molecule has 0 aromatic heterocycles. The maximum absolute atomic E-state index is 11.9. The maximum atomic E-state index is 11.9. The van der Waals surface area contributed by atoms with Crippen molar-refractivity contribution < 1.29 is 9.59 Å². The number of carbonyl (C=O) groups excluding carboxylic acids is 2. The molecule has 1 amide bonds. The summed E-state index contributed by atoms with van der Waals surface area (Å²) >= 11 is 1.11. The van der Waals surface area contributed by atoms with Crippen LogP contribution in [0.15, 0.2) is 30.3 Å². The number of hydrogen-bond acceptors (Lipinski definition) is 3. The largest absolute Gasteiger partial charge is 0.339 e. The molecule has 0 aliphatic carbocycles. The Morgan fingerprint density at radius 3 is 2.25 bits per heavy atom. The van der Waals surface area contributed by atoms with Gasteiger partial charge in [-0.1, -0.05) is 42.1 Å². The van der Waals surface area contributed by atoms with Gasteiger partial charge < -0.3 is 5.32 Å². The van der Waals surface area contributed by atoms with E-state index in [4.69, 9.17) is 0 Å². The summed E-state index contributed by atoms with van der Waals surface area (Å²) in [7, 11) is 0. The zero-order chi connectivity index (χ0) is 12.2. The molecule has 3 nitrogen and oxygen atoms in total. The van der Waals surface area contributed by atoms with Crippen LogP contribution < -0.4 is 5.32 Å². The molecule has 0 aliphatic heterocycles. The first-order valence-corrected chi connectivity index (χ1v) is 6.16.